The van der Waals surface area contributed by atoms with Crippen LogP contribution in [0.1, 0.15) is 4.88 Å². The molecule has 1 aliphatic rings. The Morgan fingerprint density at radius 2 is 2.04 bits per heavy atom. The van der Waals surface area contributed by atoms with Gasteiger partial charge in [-0.1, -0.05) is 12.1 Å². The van der Waals surface area contributed by atoms with Crippen LogP contribution in [0.5, 0.6) is 0 Å². The van der Waals surface area contributed by atoms with Gasteiger partial charge in [0.2, 0.25) is 0 Å². The third kappa shape index (κ3) is 6.12. The highest BCUT2D eigenvalue weighted by Gasteiger charge is 2.26. The van der Waals surface area contributed by atoms with E-state index in [1.165, 1.54) is 21.9 Å². The fourth-order valence-corrected chi connectivity index (χ4v) is 4.21. The Bertz CT molecular complexity index is 791. The summed E-state index contributed by atoms with van der Waals surface area (Å²) in [5.74, 6) is -0.346. The Morgan fingerprint density at radius 1 is 1.25 bits per heavy atom. The van der Waals surface area contributed by atoms with Crippen molar-refractivity contribution in [1.29, 1.82) is 0 Å². The summed E-state index contributed by atoms with van der Waals surface area (Å²) < 4.78 is 13.2. The SMILES string of the molecule is C[NH+](CC(=O)N1CC[NH+](CC(=O)Nc2cccc(F)c2)CC1)Cc1cccs1. The van der Waals surface area contributed by atoms with Gasteiger partial charge in [-0.2, -0.15) is 0 Å². The first kappa shape index (κ1) is 20.4. The highest BCUT2D eigenvalue weighted by atomic mass is 32.1. The monoisotopic (exact) mass is 406 g/mol. The fourth-order valence-electron chi connectivity index (χ4n) is 3.39. The summed E-state index contributed by atoms with van der Waals surface area (Å²) in [6.45, 7) is 4.46. The summed E-state index contributed by atoms with van der Waals surface area (Å²) in [4.78, 5) is 30.2. The third-order valence-corrected chi connectivity index (χ3v) is 5.73. The van der Waals surface area contributed by atoms with Crippen LogP contribution in [0.2, 0.25) is 0 Å². The maximum atomic E-state index is 13.2. The molecule has 3 rings (SSSR count). The van der Waals surface area contributed by atoms with Gasteiger partial charge in [-0.25, -0.2) is 4.39 Å². The second-order valence-corrected chi connectivity index (χ2v) is 8.29. The molecule has 1 fully saturated rings. The predicted octanol–water partition coefficient (Wildman–Crippen LogP) is -0.732. The Hall–Kier alpha value is -2.29. The average Bonchev–Trinajstić information content (AvgIpc) is 3.15. The zero-order valence-electron chi connectivity index (χ0n) is 16.0. The highest BCUT2D eigenvalue weighted by Crippen LogP contribution is 2.08. The molecule has 2 heterocycles. The van der Waals surface area contributed by atoms with Gasteiger partial charge in [-0.05, 0) is 29.6 Å². The molecule has 1 aromatic carbocycles. The van der Waals surface area contributed by atoms with Gasteiger partial charge >= 0.3 is 0 Å². The number of hydrogen-bond acceptors (Lipinski definition) is 3. The van der Waals surface area contributed by atoms with E-state index in [0.717, 1.165) is 24.5 Å². The molecule has 1 aliphatic heterocycles. The molecule has 0 bridgehead atoms. The van der Waals surface area contributed by atoms with Gasteiger partial charge in [-0.3, -0.25) is 9.59 Å². The number of rotatable bonds is 7. The third-order valence-electron chi connectivity index (χ3n) is 4.85. The number of quaternary nitrogens is 2. The van der Waals surface area contributed by atoms with E-state index in [2.05, 4.69) is 16.8 Å². The molecule has 8 heteroatoms. The molecule has 1 unspecified atom stereocenters. The lowest BCUT2D eigenvalue weighted by Crippen LogP contribution is -3.16. The predicted molar refractivity (Wildman–Crippen MR) is 107 cm³/mol. The van der Waals surface area contributed by atoms with Gasteiger partial charge in [0.1, 0.15) is 12.4 Å². The van der Waals surface area contributed by atoms with Crippen LogP contribution in [-0.4, -0.2) is 63.0 Å². The first-order valence-corrected chi connectivity index (χ1v) is 10.4. The number of nitrogens with one attached hydrogen (secondary N) is 3. The largest absolute Gasteiger partial charge is 0.327 e. The Labute approximate surface area is 168 Å². The van der Waals surface area contributed by atoms with Gasteiger partial charge in [-0.15, -0.1) is 11.3 Å². The van der Waals surface area contributed by atoms with Crippen molar-refractivity contribution in [3.63, 3.8) is 0 Å². The van der Waals surface area contributed by atoms with Gasteiger partial charge in [0, 0.05) is 5.69 Å². The van der Waals surface area contributed by atoms with Crippen LogP contribution in [0.4, 0.5) is 10.1 Å². The van der Waals surface area contributed by atoms with Crippen molar-refractivity contribution < 1.29 is 23.8 Å². The normalized spacial score (nSPS) is 16.0. The molecule has 0 spiro atoms. The molecule has 0 saturated carbocycles. The second-order valence-electron chi connectivity index (χ2n) is 7.26. The van der Waals surface area contributed by atoms with Crippen molar-refractivity contribution in [2.45, 2.75) is 6.54 Å². The smallest absolute Gasteiger partial charge is 0.279 e. The number of benzene rings is 1. The lowest BCUT2D eigenvalue weighted by atomic mass is 10.2. The van der Waals surface area contributed by atoms with Crippen LogP contribution >= 0.6 is 11.3 Å². The molecule has 1 saturated heterocycles. The molecule has 0 radical (unpaired) electrons. The lowest BCUT2D eigenvalue weighted by molar-refractivity contribution is -0.896. The molecular formula is C20H27FN4O2S+2. The minimum absolute atomic E-state index is 0.138. The van der Waals surface area contributed by atoms with Crippen molar-refractivity contribution in [3.8, 4) is 0 Å². The van der Waals surface area contributed by atoms with E-state index in [-0.39, 0.29) is 17.6 Å². The van der Waals surface area contributed by atoms with E-state index in [1.807, 2.05) is 18.0 Å². The molecule has 1 aromatic heterocycles. The second kappa shape index (κ2) is 9.77. The van der Waals surface area contributed by atoms with Crippen molar-refractivity contribution >= 4 is 28.8 Å². The first-order chi connectivity index (χ1) is 13.5. The molecular weight excluding hydrogens is 379 g/mol. The minimum Gasteiger partial charge on any atom is -0.327 e. The zero-order valence-corrected chi connectivity index (χ0v) is 16.9. The van der Waals surface area contributed by atoms with Gasteiger partial charge < -0.3 is 20.0 Å². The van der Waals surface area contributed by atoms with E-state index in [1.54, 1.807) is 23.5 Å². The number of nitrogens with zero attached hydrogens (tertiary/aromatic N) is 1. The Morgan fingerprint density at radius 3 is 2.71 bits per heavy atom. The molecule has 28 heavy (non-hydrogen) atoms. The molecule has 0 aliphatic carbocycles. The van der Waals surface area contributed by atoms with Crippen LogP contribution in [0.25, 0.3) is 0 Å². The van der Waals surface area contributed by atoms with Gasteiger partial charge in [0.05, 0.1) is 38.1 Å². The number of amides is 2. The van der Waals surface area contributed by atoms with Crippen molar-refractivity contribution in [2.75, 3.05) is 51.6 Å². The summed E-state index contributed by atoms with van der Waals surface area (Å²) in [6, 6.07) is 10.0. The van der Waals surface area contributed by atoms with Crippen molar-refractivity contribution in [1.82, 2.24) is 4.90 Å². The maximum Gasteiger partial charge on any atom is 0.279 e. The number of hydrogen-bond donors (Lipinski definition) is 3. The Balaban J connectivity index is 1.38. The molecule has 2 amide bonds. The van der Waals surface area contributed by atoms with Crippen LogP contribution in [0, 0.1) is 5.82 Å². The van der Waals surface area contributed by atoms with E-state index < -0.39 is 0 Å². The van der Waals surface area contributed by atoms with Crippen LogP contribution < -0.4 is 15.1 Å². The number of thiophene rings is 1. The average molecular weight is 407 g/mol. The van der Waals surface area contributed by atoms with E-state index >= 15 is 0 Å². The summed E-state index contributed by atoms with van der Waals surface area (Å²) in [5.41, 5.74) is 0.468. The molecule has 2 aromatic rings. The highest BCUT2D eigenvalue weighted by molar-refractivity contribution is 7.09. The standard InChI is InChI=1S/C20H25FN4O2S/c1-23(13-18-6-3-11-28-18)15-20(27)25-9-7-24(8-10-25)14-19(26)22-17-5-2-4-16(21)12-17/h2-6,11-12H,7-10,13-15H2,1H3,(H,22,26)/p+2. The summed E-state index contributed by atoms with van der Waals surface area (Å²) in [7, 11) is 2.04. The first-order valence-electron chi connectivity index (χ1n) is 9.50. The van der Waals surface area contributed by atoms with Crippen LogP contribution in [0.15, 0.2) is 41.8 Å². The van der Waals surface area contributed by atoms with Crippen LogP contribution in [0.3, 0.4) is 0 Å². The molecule has 150 valence electrons. The molecule has 6 nitrogen and oxygen atoms in total. The minimum atomic E-state index is -0.372. The van der Waals surface area contributed by atoms with Crippen molar-refractivity contribution in [2.24, 2.45) is 0 Å². The quantitative estimate of drug-likeness (QED) is 0.568. The molecule has 1 atom stereocenters. The number of likely N-dealkylation sites (N-methyl/N-ethyl adjacent to an activating group) is 1. The zero-order chi connectivity index (χ0) is 19.9. The van der Waals surface area contributed by atoms with E-state index in [4.69, 9.17) is 0 Å². The number of carbonyl (C=O) groups excluding carboxylic acids is 2. The lowest BCUT2D eigenvalue weighted by Gasteiger charge is -2.32. The summed E-state index contributed by atoms with van der Waals surface area (Å²) >= 11 is 1.71. The summed E-state index contributed by atoms with van der Waals surface area (Å²) in [6.07, 6.45) is 0. The number of halogens is 1. The number of carbonyl (C=O) groups is 2. The van der Waals surface area contributed by atoms with Crippen LogP contribution in [-0.2, 0) is 16.1 Å². The summed E-state index contributed by atoms with van der Waals surface area (Å²) in [5, 5.41) is 4.78. The number of piperazine rings is 1. The van der Waals surface area contributed by atoms with Gasteiger partial charge in [0.25, 0.3) is 11.8 Å². The maximum absolute atomic E-state index is 13.2. The van der Waals surface area contributed by atoms with Gasteiger partial charge in [0.15, 0.2) is 13.1 Å². The van der Waals surface area contributed by atoms with Crippen molar-refractivity contribution in [3.05, 3.63) is 52.5 Å². The Kier molecular flexibility index (Phi) is 7.13. The number of anilines is 1. The topological polar surface area (TPSA) is 58.3 Å². The van der Waals surface area contributed by atoms with E-state index in [9.17, 15) is 14.0 Å². The fraction of sp³-hybridized carbons (Fsp3) is 0.400. The molecule has 3 N–H and O–H groups in total. The van der Waals surface area contributed by atoms with E-state index in [0.29, 0.717) is 31.9 Å².